The van der Waals surface area contributed by atoms with Gasteiger partial charge in [0.15, 0.2) is 0 Å². The van der Waals surface area contributed by atoms with E-state index in [2.05, 4.69) is 5.32 Å². The zero-order valence-corrected chi connectivity index (χ0v) is 14.2. The molecule has 3 amide bonds. The van der Waals surface area contributed by atoms with Crippen molar-refractivity contribution >= 4 is 17.7 Å². The molecular formula is C18H22N2O4. The lowest BCUT2D eigenvalue weighted by Crippen LogP contribution is -2.52. The van der Waals surface area contributed by atoms with Crippen LogP contribution in [0.2, 0.25) is 0 Å². The van der Waals surface area contributed by atoms with Gasteiger partial charge in [-0.2, -0.15) is 0 Å². The number of imide groups is 1. The molecule has 0 aliphatic carbocycles. The summed E-state index contributed by atoms with van der Waals surface area (Å²) in [5.74, 6) is -0.823. The molecular weight excluding hydrogens is 308 g/mol. The van der Waals surface area contributed by atoms with E-state index < -0.39 is 6.04 Å². The van der Waals surface area contributed by atoms with E-state index in [0.717, 1.165) is 11.1 Å². The normalized spacial score (nSPS) is 21.0. The molecule has 2 aliphatic heterocycles. The van der Waals surface area contributed by atoms with E-state index in [4.69, 9.17) is 4.74 Å². The van der Waals surface area contributed by atoms with Crippen LogP contribution in [0.1, 0.15) is 55.1 Å². The van der Waals surface area contributed by atoms with Gasteiger partial charge in [0.05, 0.1) is 12.2 Å². The van der Waals surface area contributed by atoms with Gasteiger partial charge in [0, 0.05) is 18.5 Å². The van der Waals surface area contributed by atoms with Crippen LogP contribution in [0.4, 0.5) is 0 Å². The fourth-order valence-corrected chi connectivity index (χ4v) is 3.08. The zero-order valence-electron chi connectivity index (χ0n) is 14.2. The second-order valence-electron chi connectivity index (χ2n) is 7.24. The molecule has 0 radical (unpaired) electrons. The third-order valence-electron chi connectivity index (χ3n) is 4.34. The lowest BCUT2D eigenvalue weighted by atomic mass is 10.0. The molecule has 1 aromatic carbocycles. The van der Waals surface area contributed by atoms with Gasteiger partial charge in [-0.25, -0.2) is 0 Å². The van der Waals surface area contributed by atoms with Crippen molar-refractivity contribution < 1.29 is 19.1 Å². The van der Waals surface area contributed by atoms with Crippen molar-refractivity contribution in [1.29, 1.82) is 0 Å². The predicted octanol–water partition coefficient (Wildman–Crippen LogP) is 1.76. The van der Waals surface area contributed by atoms with E-state index in [-0.39, 0.29) is 29.7 Å². The van der Waals surface area contributed by atoms with E-state index in [9.17, 15) is 14.4 Å². The molecule has 1 unspecified atom stereocenters. The molecule has 0 saturated carbocycles. The summed E-state index contributed by atoms with van der Waals surface area (Å²) in [7, 11) is 0. The van der Waals surface area contributed by atoms with Crippen molar-refractivity contribution in [1.82, 2.24) is 10.2 Å². The number of piperidine rings is 1. The van der Waals surface area contributed by atoms with E-state index >= 15 is 0 Å². The van der Waals surface area contributed by atoms with Crippen LogP contribution in [-0.4, -0.2) is 34.3 Å². The van der Waals surface area contributed by atoms with Gasteiger partial charge in [0.1, 0.15) is 6.04 Å². The first kappa shape index (κ1) is 16.6. The molecule has 0 spiro atoms. The van der Waals surface area contributed by atoms with Crippen molar-refractivity contribution in [2.45, 2.75) is 58.4 Å². The van der Waals surface area contributed by atoms with Gasteiger partial charge in [0.2, 0.25) is 11.8 Å². The molecule has 2 aliphatic rings. The second-order valence-corrected chi connectivity index (χ2v) is 7.24. The minimum absolute atomic E-state index is 0.155. The maximum atomic E-state index is 12.7. The Morgan fingerprint density at radius 1 is 1.25 bits per heavy atom. The van der Waals surface area contributed by atoms with Crippen molar-refractivity contribution in [3.8, 4) is 0 Å². The molecule has 1 atom stereocenters. The first-order valence-electron chi connectivity index (χ1n) is 8.15. The van der Waals surface area contributed by atoms with E-state index in [1.165, 1.54) is 0 Å². The van der Waals surface area contributed by atoms with Crippen LogP contribution in [0.5, 0.6) is 0 Å². The SMILES string of the molecule is CC(C)(C)OCc1cccc2c1CN(C1CCC(=O)NC1=O)C2=O. The molecule has 1 aromatic rings. The molecule has 6 nitrogen and oxygen atoms in total. The highest BCUT2D eigenvalue weighted by Gasteiger charge is 2.39. The number of hydrogen-bond acceptors (Lipinski definition) is 4. The first-order chi connectivity index (χ1) is 11.3. The van der Waals surface area contributed by atoms with E-state index in [1.807, 2.05) is 32.9 Å². The number of hydrogen-bond donors (Lipinski definition) is 1. The van der Waals surface area contributed by atoms with Crippen LogP contribution in [0, 0.1) is 0 Å². The average Bonchev–Trinajstić information content (AvgIpc) is 2.82. The molecule has 0 bridgehead atoms. The largest absolute Gasteiger partial charge is 0.371 e. The van der Waals surface area contributed by atoms with Gasteiger partial charge in [0.25, 0.3) is 5.91 Å². The Bertz CT molecular complexity index is 705. The Hall–Kier alpha value is -2.21. The summed E-state index contributed by atoms with van der Waals surface area (Å²) in [4.78, 5) is 37.7. The Labute approximate surface area is 141 Å². The minimum Gasteiger partial charge on any atom is -0.371 e. The molecule has 128 valence electrons. The standard InChI is InChI=1S/C18H22N2O4/c1-18(2,3)24-10-11-5-4-6-12-13(11)9-20(17(12)23)14-7-8-15(21)19-16(14)22/h4-6,14H,7-10H2,1-3H3,(H,19,21,22). The van der Waals surface area contributed by atoms with Crippen LogP contribution in [-0.2, 0) is 27.5 Å². The summed E-state index contributed by atoms with van der Waals surface area (Å²) in [6.07, 6.45) is 0.634. The number of carbonyl (C=O) groups is 3. The van der Waals surface area contributed by atoms with Crippen LogP contribution in [0.3, 0.4) is 0 Å². The number of nitrogens with one attached hydrogen (secondary N) is 1. The third-order valence-corrected chi connectivity index (χ3v) is 4.34. The quantitative estimate of drug-likeness (QED) is 0.857. The van der Waals surface area contributed by atoms with Crippen LogP contribution >= 0.6 is 0 Å². The van der Waals surface area contributed by atoms with Crippen molar-refractivity contribution in [2.75, 3.05) is 0 Å². The van der Waals surface area contributed by atoms with Gasteiger partial charge in [-0.15, -0.1) is 0 Å². The zero-order chi connectivity index (χ0) is 17.5. The topological polar surface area (TPSA) is 75.7 Å². The lowest BCUT2D eigenvalue weighted by molar-refractivity contribution is -0.136. The maximum Gasteiger partial charge on any atom is 0.255 e. The fourth-order valence-electron chi connectivity index (χ4n) is 3.08. The van der Waals surface area contributed by atoms with Crippen molar-refractivity contribution in [2.24, 2.45) is 0 Å². The Kier molecular flexibility index (Phi) is 4.17. The summed E-state index contributed by atoms with van der Waals surface area (Å²) in [5.41, 5.74) is 2.23. The highest BCUT2D eigenvalue weighted by molar-refractivity contribution is 6.05. The number of carbonyl (C=O) groups excluding carboxylic acids is 3. The molecule has 2 heterocycles. The van der Waals surface area contributed by atoms with Gasteiger partial charge >= 0.3 is 0 Å². The molecule has 6 heteroatoms. The number of benzene rings is 1. The lowest BCUT2D eigenvalue weighted by Gasteiger charge is -2.29. The number of ether oxygens (including phenoxy) is 1. The van der Waals surface area contributed by atoms with Crippen LogP contribution in [0.15, 0.2) is 18.2 Å². The predicted molar refractivity (Wildman–Crippen MR) is 87.0 cm³/mol. The van der Waals surface area contributed by atoms with Gasteiger partial charge in [-0.3, -0.25) is 19.7 Å². The van der Waals surface area contributed by atoms with Gasteiger partial charge in [-0.1, -0.05) is 12.1 Å². The van der Waals surface area contributed by atoms with Crippen LogP contribution < -0.4 is 5.32 Å². The van der Waals surface area contributed by atoms with Crippen molar-refractivity contribution in [3.05, 3.63) is 34.9 Å². The summed E-state index contributed by atoms with van der Waals surface area (Å²) in [5, 5.41) is 2.32. The second kappa shape index (κ2) is 6.02. The van der Waals surface area contributed by atoms with Crippen molar-refractivity contribution in [3.63, 3.8) is 0 Å². The molecule has 24 heavy (non-hydrogen) atoms. The fraction of sp³-hybridized carbons (Fsp3) is 0.500. The smallest absolute Gasteiger partial charge is 0.255 e. The molecule has 1 saturated heterocycles. The van der Waals surface area contributed by atoms with Gasteiger partial charge in [-0.05, 0) is 44.4 Å². The summed E-state index contributed by atoms with van der Waals surface area (Å²) in [6.45, 7) is 6.75. The average molecular weight is 330 g/mol. The highest BCUT2D eigenvalue weighted by atomic mass is 16.5. The summed E-state index contributed by atoms with van der Waals surface area (Å²) in [6, 6.07) is 4.99. The number of amides is 3. The molecule has 3 rings (SSSR count). The Morgan fingerprint density at radius 2 is 2.00 bits per heavy atom. The summed E-state index contributed by atoms with van der Waals surface area (Å²) < 4.78 is 5.84. The summed E-state index contributed by atoms with van der Waals surface area (Å²) >= 11 is 0. The van der Waals surface area contributed by atoms with E-state index in [1.54, 1.807) is 11.0 Å². The third kappa shape index (κ3) is 3.19. The maximum absolute atomic E-state index is 12.7. The molecule has 1 N–H and O–H groups in total. The van der Waals surface area contributed by atoms with Gasteiger partial charge < -0.3 is 9.64 Å². The number of fused-ring (bicyclic) bond motifs is 1. The number of nitrogens with zero attached hydrogens (tertiary/aromatic N) is 1. The molecule has 1 fully saturated rings. The first-order valence-corrected chi connectivity index (χ1v) is 8.15. The minimum atomic E-state index is -0.584. The number of rotatable bonds is 3. The van der Waals surface area contributed by atoms with Crippen LogP contribution in [0.25, 0.3) is 0 Å². The van der Waals surface area contributed by atoms with E-state index in [0.29, 0.717) is 25.1 Å². The molecule has 0 aromatic heterocycles. The highest BCUT2D eigenvalue weighted by Crippen LogP contribution is 2.30. The Balaban J connectivity index is 1.82. The monoisotopic (exact) mass is 330 g/mol. The Morgan fingerprint density at radius 3 is 2.67 bits per heavy atom.